The number of carbonyl (C=O) groups is 1. The summed E-state index contributed by atoms with van der Waals surface area (Å²) < 4.78 is 47.9. The Balaban J connectivity index is 3.20. The van der Waals surface area contributed by atoms with Crippen molar-refractivity contribution in [3.63, 3.8) is 0 Å². The van der Waals surface area contributed by atoms with Gasteiger partial charge in [-0.05, 0) is 31.5 Å². The van der Waals surface area contributed by atoms with Gasteiger partial charge in [-0.2, -0.15) is 18.4 Å². The number of Topliss-reactive ketones (excluding diaryl/α,β-unsaturated/α-hetero) is 1. The highest BCUT2D eigenvalue weighted by Gasteiger charge is 2.44. The molecule has 0 spiro atoms. The number of halogens is 3. The summed E-state index contributed by atoms with van der Waals surface area (Å²) in [5.74, 6) is -3.47. The van der Waals surface area contributed by atoms with Gasteiger partial charge in [-0.1, -0.05) is 6.07 Å². The van der Waals surface area contributed by atoms with Crippen molar-refractivity contribution in [2.24, 2.45) is 0 Å². The van der Waals surface area contributed by atoms with Crippen molar-refractivity contribution < 1.29 is 27.4 Å². The maximum Gasteiger partial charge on any atom is 0.451 e. The molecule has 7 heteroatoms. The second kappa shape index (κ2) is 6.97. The van der Waals surface area contributed by atoms with Crippen LogP contribution in [0.2, 0.25) is 0 Å². The SMILES string of the molecule is CCOc1ccc([C@H](C#N)C(=O)C(F)(F)F)cc1OCC. The minimum atomic E-state index is -5.06. The first-order valence-corrected chi connectivity index (χ1v) is 6.25. The number of ether oxygens (including phenoxy) is 2. The van der Waals surface area contributed by atoms with Gasteiger partial charge < -0.3 is 9.47 Å². The molecule has 0 heterocycles. The van der Waals surface area contributed by atoms with Crippen molar-refractivity contribution in [2.75, 3.05) is 13.2 Å². The van der Waals surface area contributed by atoms with Gasteiger partial charge in [0, 0.05) is 0 Å². The molecule has 0 unspecified atom stereocenters. The largest absolute Gasteiger partial charge is 0.490 e. The molecule has 0 aliphatic heterocycles. The van der Waals surface area contributed by atoms with E-state index in [9.17, 15) is 18.0 Å². The quantitative estimate of drug-likeness (QED) is 0.809. The zero-order chi connectivity index (χ0) is 16.0. The summed E-state index contributed by atoms with van der Waals surface area (Å²) in [6.07, 6.45) is -5.06. The summed E-state index contributed by atoms with van der Waals surface area (Å²) in [5.41, 5.74) is -0.0771. The number of rotatable bonds is 6. The number of hydrogen-bond donors (Lipinski definition) is 0. The molecule has 1 aromatic carbocycles. The van der Waals surface area contributed by atoms with E-state index in [2.05, 4.69) is 0 Å². The van der Waals surface area contributed by atoms with E-state index in [1.165, 1.54) is 24.3 Å². The molecule has 0 fully saturated rings. The first-order chi connectivity index (χ1) is 9.85. The maximum absolute atomic E-state index is 12.5. The molecule has 0 aliphatic rings. The molecule has 21 heavy (non-hydrogen) atoms. The van der Waals surface area contributed by atoms with Gasteiger partial charge in [0.2, 0.25) is 0 Å². The molecule has 0 saturated carbocycles. The molecule has 0 saturated heterocycles. The average molecular weight is 301 g/mol. The van der Waals surface area contributed by atoms with Crippen molar-refractivity contribution in [1.29, 1.82) is 5.26 Å². The van der Waals surface area contributed by atoms with Gasteiger partial charge in [0.15, 0.2) is 11.5 Å². The van der Waals surface area contributed by atoms with E-state index < -0.39 is 17.9 Å². The van der Waals surface area contributed by atoms with Crippen molar-refractivity contribution in [2.45, 2.75) is 25.9 Å². The molecular formula is C14H14F3NO3. The monoisotopic (exact) mass is 301 g/mol. The van der Waals surface area contributed by atoms with Crippen LogP contribution in [0.25, 0.3) is 0 Å². The number of carbonyl (C=O) groups excluding carboxylic acids is 1. The van der Waals surface area contributed by atoms with Crippen molar-refractivity contribution in [1.82, 2.24) is 0 Å². The summed E-state index contributed by atoms with van der Waals surface area (Å²) in [7, 11) is 0. The highest BCUT2D eigenvalue weighted by atomic mass is 19.4. The Labute approximate surface area is 120 Å². The fourth-order valence-electron chi connectivity index (χ4n) is 1.70. The molecule has 0 bridgehead atoms. The lowest BCUT2D eigenvalue weighted by atomic mass is 9.95. The van der Waals surface area contributed by atoms with Crippen LogP contribution in [0.15, 0.2) is 18.2 Å². The molecule has 4 nitrogen and oxygen atoms in total. The highest BCUT2D eigenvalue weighted by molar-refractivity contribution is 5.93. The van der Waals surface area contributed by atoms with Crippen LogP contribution in [0, 0.1) is 11.3 Å². The van der Waals surface area contributed by atoms with Gasteiger partial charge in [-0.3, -0.25) is 4.79 Å². The normalized spacial score (nSPS) is 12.4. The van der Waals surface area contributed by atoms with E-state index in [4.69, 9.17) is 14.7 Å². The lowest BCUT2D eigenvalue weighted by Gasteiger charge is -2.15. The Morgan fingerprint density at radius 3 is 2.29 bits per heavy atom. The molecule has 1 atom stereocenters. The number of nitrogens with zero attached hydrogens (tertiary/aromatic N) is 1. The zero-order valence-corrected chi connectivity index (χ0v) is 11.5. The fourth-order valence-corrected chi connectivity index (χ4v) is 1.70. The van der Waals surface area contributed by atoms with Crippen LogP contribution in [-0.4, -0.2) is 25.2 Å². The van der Waals surface area contributed by atoms with Crippen molar-refractivity contribution >= 4 is 5.78 Å². The van der Waals surface area contributed by atoms with Gasteiger partial charge in [-0.15, -0.1) is 0 Å². The van der Waals surface area contributed by atoms with Crippen LogP contribution in [0.4, 0.5) is 13.2 Å². The summed E-state index contributed by atoms with van der Waals surface area (Å²) >= 11 is 0. The van der Waals surface area contributed by atoms with Gasteiger partial charge in [-0.25, -0.2) is 0 Å². The predicted octanol–water partition coefficient (Wildman–Crippen LogP) is 3.22. The lowest BCUT2D eigenvalue weighted by molar-refractivity contribution is -0.171. The van der Waals surface area contributed by atoms with Gasteiger partial charge in [0.25, 0.3) is 5.78 Å². The van der Waals surface area contributed by atoms with E-state index in [1.807, 2.05) is 0 Å². The second-order valence-corrected chi connectivity index (χ2v) is 4.00. The molecule has 0 radical (unpaired) electrons. The Kier molecular flexibility index (Phi) is 5.59. The number of hydrogen-bond acceptors (Lipinski definition) is 4. The first-order valence-electron chi connectivity index (χ1n) is 6.25. The Morgan fingerprint density at radius 1 is 1.24 bits per heavy atom. The topological polar surface area (TPSA) is 59.3 Å². The van der Waals surface area contributed by atoms with Crippen LogP contribution in [0.3, 0.4) is 0 Å². The summed E-state index contributed by atoms with van der Waals surface area (Å²) in [4.78, 5) is 11.3. The summed E-state index contributed by atoms with van der Waals surface area (Å²) in [6, 6.07) is 5.25. The highest BCUT2D eigenvalue weighted by Crippen LogP contribution is 2.34. The predicted molar refractivity (Wildman–Crippen MR) is 68.2 cm³/mol. The minimum absolute atomic E-state index is 0.0771. The third-order valence-electron chi connectivity index (χ3n) is 2.57. The average Bonchev–Trinajstić information content (AvgIpc) is 2.41. The van der Waals surface area contributed by atoms with E-state index in [0.29, 0.717) is 12.4 Å². The molecule has 0 N–H and O–H groups in total. The Bertz CT molecular complexity index is 549. The molecule has 114 valence electrons. The van der Waals surface area contributed by atoms with E-state index in [0.717, 1.165) is 0 Å². The molecule has 1 rings (SSSR count). The lowest BCUT2D eigenvalue weighted by Crippen LogP contribution is -2.28. The third-order valence-corrected chi connectivity index (χ3v) is 2.57. The fraction of sp³-hybridized carbons (Fsp3) is 0.429. The van der Waals surface area contributed by atoms with E-state index in [1.54, 1.807) is 13.8 Å². The van der Waals surface area contributed by atoms with Gasteiger partial charge >= 0.3 is 6.18 Å². The minimum Gasteiger partial charge on any atom is -0.490 e. The summed E-state index contributed by atoms with van der Waals surface area (Å²) in [6.45, 7) is 4.07. The molecular weight excluding hydrogens is 287 g/mol. The van der Waals surface area contributed by atoms with E-state index in [-0.39, 0.29) is 17.9 Å². The van der Waals surface area contributed by atoms with Crippen molar-refractivity contribution in [3.05, 3.63) is 23.8 Å². The van der Waals surface area contributed by atoms with Crippen LogP contribution in [-0.2, 0) is 4.79 Å². The molecule has 0 amide bonds. The standard InChI is InChI=1S/C14H14F3NO3/c1-3-20-11-6-5-9(7-12(11)21-4-2)10(8-18)13(19)14(15,16)17/h5-7,10H,3-4H2,1-2H3/t10-/m0/s1. The molecule has 0 aliphatic carbocycles. The number of nitriles is 1. The maximum atomic E-state index is 12.5. The molecule has 0 aromatic heterocycles. The Morgan fingerprint density at radius 2 is 1.81 bits per heavy atom. The van der Waals surface area contributed by atoms with Crippen LogP contribution < -0.4 is 9.47 Å². The van der Waals surface area contributed by atoms with Gasteiger partial charge in [0.1, 0.15) is 5.92 Å². The van der Waals surface area contributed by atoms with E-state index >= 15 is 0 Å². The summed E-state index contributed by atoms with van der Waals surface area (Å²) in [5, 5.41) is 8.86. The first kappa shape index (κ1) is 16.8. The van der Waals surface area contributed by atoms with Crippen molar-refractivity contribution in [3.8, 4) is 17.6 Å². The smallest absolute Gasteiger partial charge is 0.451 e. The third kappa shape index (κ3) is 4.12. The second-order valence-electron chi connectivity index (χ2n) is 4.00. The molecule has 1 aromatic rings. The zero-order valence-electron chi connectivity index (χ0n) is 11.5. The van der Waals surface area contributed by atoms with Crippen LogP contribution in [0.5, 0.6) is 11.5 Å². The van der Waals surface area contributed by atoms with Gasteiger partial charge in [0.05, 0.1) is 19.3 Å². The number of alkyl halides is 3. The number of benzene rings is 1. The van der Waals surface area contributed by atoms with Crippen LogP contribution in [0.1, 0.15) is 25.3 Å². The Hall–Kier alpha value is -2.23. The number of ketones is 1. The van der Waals surface area contributed by atoms with Crippen LogP contribution >= 0.6 is 0 Å².